The maximum atomic E-state index is 12.4. The lowest BCUT2D eigenvalue weighted by Crippen LogP contribution is -2.26. The highest BCUT2D eigenvalue weighted by molar-refractivity contribution is 9.10. The summed E-state index contributed by atoms with van der Waals surface area (Å²) in [4.78, 5) is 18.0. The molecule has 0 aliphatic carbocycles. The maximum absolute atomic E-state index is 12.4. The van der Waals surface area contributed by atoms with Gasteiger partial charge in [-0.3, -0.25) is 4.79 Å². The predicted molar refractivity (Wildman–Crippen MR) is 86.9 cm³/mol. The first-order chi connectivity index (χ1) is 9.49. The third-order valence-electron chi connectivity index (χ3n) is 2.75. The molecule has 0 N–H and O–H groups in total. The van der Waals surface area contributed by atoms with Crippen molar-refractivity contribution in [2.75, 3.05) is 7.05 Å². The summed E-state index contributed by atoms with van der Waals surface area (Å²) >= 11 is 12.7. The molecule has 0 aliphatic heterocycles. The van der Waals surface area contributed by atoms with Crippen molar-refractivity contribution in [2.24, 2.45) is 0 Å². The number of carbonyl (C=O) groups is 1. The summed E-state index contributed by atoms with van der Waals surface area (Å²) < 4.78 is 1.69. The second-order valence-corrected chi connectivity index (χ2v) is 6.37. The number of hydrogen-bond donors (Lipinski definition) is 0. The van der Waals surface area contributed by atoms with Gasteiger partial charge in [0.05, 0.1) is 5.56 Å². The van der Waals surface area contributed by atoms with Gasteiger partial charge in [-0.05, 0) is 33.6 Å². The fourth-order valence-corrected chi connectivity index (χ4v) is 2.66. The lowest BCUT2D eigenvalue weighted by molar-refractivity contribution is 0.0784. The zero-order chi connectivity index (χ0) is 14.7. The van der Waals surface area contributed by atoms with Gasteiger partial charge in [-0.2, -0.15) is 0 Å². The molecule has 2 rings (SSSR count). The van der Waals surface area contributed by atoms with Crippen molar-refractivity contribution in [3.63, 3.8) is 0 Å². The number of amides is 1. The zero-order valence-corrected chi connectivity index (χ0v) is 14.5. The SMILES string of the molecule is CN(Cc1ccccc1Br)C(=O)c1cc(Br)cnc1Cl. The van der Waals surface area contributed by atoms with Gasteiger partial charge >= 0.3 is 0 Å². The molecular weight excluding hydrogens is 407 g/mol. The van der Waals surface area contributed by atoms with E-state index in [0.717, 1.165) is 14.5 Å². The van der Waals surface area contributed by atoms with Gasteiger partial charge < -0.3 is 4.90 Å². The molecule has 104 valence electrons. The van der Waals surface area contributed by atoms with E-state index in [1.54, 1.807) is 24.2 Å². The topological polar surface area (TPSA) is 33.2 Å². The number of hydrogen-bond acceptors (Lipinski definition) is 2. The van der Waals surface area contributed by atoms with Crippen molar-refractivity contribution in [2.45, 2.75) is 6.54 Å². The molecule has 1 amide bonds. The number of pyridine rings is 1. The Labute approximate surface area is 139 Å². The van der Waals surface area contributed by atoms with E-state index in [0.29, 0.717) is 12.1 Å². The molecule has 1 aromatic heterocycles. The van der Waals surface area contributed by atoms with Crippen LogP contribution in [0.25, 0.3) is 0 Å². The van der Waals surface area contributed by atoms with E-state index in [1.807, 2.05) is 24.3 Å². The second kappa shape index (κ2) is 6.70. The molecular formula is C14H11Br2ClN2O. The second-order valence-electron chi connectivity index (χ2n) is 4.24. The number of nitrogens with zero attached hydrogens (tertiary/aromatic N) is 2. The third kappa shape index (κ3) is 3.59. The fraction of sp³-hybridized carbons (Fsp3) is 0.143. The van der Waals surface area contributed by atoms with Crippen molar-refractivity contribution in [1.82, 2.24) is 9.88 Å². The number of carbonyl (C=O) groups excluding carboxylic acids is 1. The van der Waals surface area contributed by atoms with E-state index in [9.17, 15) is 4.79 Å². The number of halogens is 3. The van der Waals surface area contributed by atoms with Crippen LogP contribution in [-0.2, 0) is 6.54 Å². The summed E-state index contributed by atoms with van der Waals surface area (Å²) in [5, 5.41) is 0.206. The molecule has 0 saturated heterocycles. The van der Waals surface area contributed by atoms with E-state index in [-0.39, 0.29) is 11.1 Å². The summed E-state index contributed by atoms with van der Waals surface area (Å²) in [6.07, 6.45) is 1.56. The molecule has 6 heteroatoms. The zero-order valence-electron chi connectivity index (χ0n) is 10.6. The van der Waals surface area contributed by atoms with Crippen LogP contribution in [0.4, 0.5) is 0 Å². The smallest absolute Gasteiger partial charge is 0.257 e. The summed E-state index contributed by atoms with van der Waals surface area (Å²) in [6.45, 7) is 0.489. The Balaban J connectivity index is 2.21. The average Bonchev–Trinajstić information content (AvgIpc) is 2.43. The predicted octanol–water partition coefficient (Wildman–Crippen LogP) is 4.53. The molecule has 2 aromatic rings. The summed E-state index contributed by atoms with van der Waals surface area (Å²) in [6, 6.07) is 9.46. The van der Waals surface area contributed by atoms with Gasteiger partial charge in [0.1, 0.15) is 5.15 Å². The van der Waals surface area contributed by atoms with Crippen molar-refractivity contribution in [3.8, 4) is 0 Å². The van der Waals surface area contributed by atoms with Crippen LogP contribution in [0.2, 0.25) is 5.15 Å². The van der Waals surface area contributed by atoms with Crippen LogP contribution in [-0.4, -0.2) is 22.8 Å². The third-order valence-corrected chi connectivity index (χ3v) is 4.26. The van der Waals surface area contributed by atoms with E-state index in [4.69, 9.17) is 11.6 Å². The van der Waals surface area contributed by atoms with Crippen molar-refractivity contribution >= 4 is 49.4 Å². The van der Waals surface area contributed by atoms with Gasteiger partial charge in [0, 0.05) is 28.7 Å². The summed E-state index contributed by atoms with van der Waals surface area (Å²) in [7, 11) is 1.74. The highest BCUT2D eigenvalue weighted by Gasteiger charge is 2.17. The first kappa shape index (κ1) is 15.5. The van der Waals surface area contributed by atoms with Crippen molar-refractivity contribution in [1.29, 1.82) is 0 Å². The van der Waals surface area contributed by atoms with Gasteiger partial charge in [-0.1, -0.05) is 45.7 Å². The molecule has 0 atom stereocenters. The lowest BCUT2D eigenvalue weighted by atomic mass is 10.2. The Hall–Kier alpha value is -0.910. The molecule has 0 aliphatic rings. The number of rotatable bonds is 3. The van der Waals surface area contributed by atoms with Crippen LogP contribution in [0.3, 0.4) is 0 Å². The van der Waals surface area contributed by atoms with Crippen LogP contribution < -0.4 is 0 Å². The first-order valence-electron chi connectivity index (χ1n) is 5.79. The normalized spacial score (nSPS) is 10.4. The molecule has 3 nitrogen and oxygen atoms in total. The minimum absolute atomic E-state index is 0.167. The van der Waals surface area contributed by atoms with Crippen LogP contribution in [0.5, 0.6) is 0 Å². The Bertz CT molecular complexity index is 649. The Morgan fingerprint density at radius 2 is 2.05 bits per heavy atom. The van der Waals surface area contributed by atoms with Gasteiger partial charge in [0.25, 0.3) is 5.91 Å². The Morgan fingerprint density at radius 3 is 2.75 bits per heavy atom. The number of aromatic nitrogens is 1. The van der Waals surface area contributed by atoms with Crippen LogP contribution in [0.15, 0.2) is 45.5 Å². The minimum atomic E-state index is -0.167. The molecule has 0 bridgehead atoms. The molecule has 0 radical (unpaired) electrons. The monoisotopic (exact) mass is 416 g/mol. The molecule has 20 heavy (non-hydrogen) atoms. The van der Waals surface area contributed by atoms with Gasteiger partial charge in [0.15, 0.2) is 0 Å². The van der Waals surface area contributed by atoms with E-state index < -0.39 is 0 Å². The largest absolute Gasteiger partial charge is 0.337 e. The fourth-order valence-electron chi connectivity index (χ4n) is 1.73. The summed E-state index contributed by atoms with van der Waals surface area (Å²) in [5.74, 6) is -0.167. The van der Waals surface area contributed by atoms with Crippen LogP contribution >= 0.6 is 43.5 Å². The molecule has 0 saturated carbocycles. The van der Waals surface area contributed by atoms with Crippen LogP contribution in [0, 0.1) is 0 Å². The highest BCUT2D eigenvalue weighted by Crippen LogP contribution is 2.22. The molecule has 0 fully saturated rings. The quantitative estimate of drug-likeness (QED) is 0.686. The summed E-state index contributed by atoms with van der Waals surface area (Å²) in [5.41, 5.74) is 1.41. The number of benzene rings is 1. The Morgan fingerprint density at radius 1 is 1.35 bits per heavy atom. The van der Waals surface area contributed by atoms with E-state index in [2.05, 4.69) is 36.8 Å². The standard InChI is InChI=1S/C14H11Br2ClN2O/c1-19(8-9-4-2-3-5-12(9)16)14(20)11-6-10(15)7-18-13(11)17/h2-7H,8H2,1H3. The molecule has 0 spiro atoms. The van der Waals surface area contributed by atoms with Gasteiger partial charge in [0.2, 0.25) is 0 Å². The first-order valence-corrected chi connectivity index (χ1v) is 7.75. The average molecular weight is 419 g/mol. The highest BCUT2D eigenvalue weighted by atomic mass is 79.9. The Kier molecular flexibility index (Phi) is 5.18. The maximum Gasteiger partial charge on any atom is 0.257 e. The minimum Gasteiger partial charge on any atom is -0.337 e. The van der Waals surface area contributed by atoms with Gasteiger partial charge in [-0.25, -0.2) is 4.98 Å². The van der Waals surface area contributed by atoms with Gasteiger partial charge in [-0.15, -0.1) is 0 Å². The van der Waals surface area contributed by atoms with Crippen LogP contribution in [0.1, 0.15) is 15.9 Å². The molecule has 0 unspecified atom stereocenters. The molecule has 1 heterocycles. The van der Waals surface area contributed by atoms with E-state index in [1.165, 1.54) is 0 Å². The van der Waals surface area contributed by atoms with E-state index >= 15 is 0 Å². The lowest BCUT2D eigenvalue weighted by Gasteiger charge is -2.18. The van der Waals surface area contributed by atoms with Crippen molar-refractivity contribution < 1.29 is 4.79 Å². The van der Waals surface area contributed by atoms with Crippen molar-refractivity contribution in [3.05, 3.63) is 61.8 Å². The molecule has 1 aromatic carbocycles.